The van der Waals surface area contributed by atoms with Crippen molar-refractivity contribution in [2.45, 2.75) is 49.7 Å². The van der Waals surface area contributed by atoms with Gasteiger partial charge in [-0.3, -0.25) is 10.1 Å². The molecule has 4 aromatic rings. The van der Waals surface area contributed by atoms with Crippen molar-refractivity contribution in [3.05, 3.63) is 135 Å². The number of ether oxygens (including phenoxy) is 9. The Balaban J connectivity index is 1.46. The van der Waals surface area contributed by atoms with Crippen molar-refractivity contribution in [2.75, 3.05) is 21.3 Å². The van der Waals surface area contributed by atoms with E-state index in [-0.39, 0.29) is 39.4 Å². The van der Waals surface area contributed by atoms with Crippen molar-refractivity contribution in [3.63, 3.8) is 0 Å². The van der Waals surface area contributed by atoms with E-state index < -0.39 is 72.5 Å². The Morgan fingerprint density at radius 2 is 1.04 bits per heavy atom. The lowest BCUT2D eigenvalue weighted by Gasteiger charge is -2.45. The van der Waals surface area contributed by atoms with Crippen molar-refractivity contribution in [3.8, 4) is 11.5 Å². The number of carbonyl (C=O) groups is 3. The molecule has 1 unspecified atom stereocenters. The van der Waals surface area contributed by atoms with Crippen LogP contribution in [0.5, 0.6) is 11.5 Å². The molecule has 6 rings (SSSR count). The first kappa shape index (κ1) is 36.9. The van der Waals surface area contributed by atoms with Crippen molar-refractivity contribution >= 4 is 23.6 Å². The van der Waals surface area contributed by atoms with Crippen LogP contribution in [0.3, 0.4) is 0 Å². The summed E-state index contributed by atoms with van der Waals surface area (Å²) in [5, 5.41) is 12.2. The molecule has 0 amide bonds. The van der Waals surface area contributed by atoms with Crippen LogP contribution < -0.4 is 9.47 Å². The fourth-order valence-electron chi connectivity index (χ4n) is 6.10. The Hall–Kier alpha value is -5.87. The van der Waals surface area contributed by atoms with Crippen LogP contribution in [0.2, 0.25) is 0 Å². The second kappa shape index (κ2) is 16.6. The third kappa shape index (κ3) is 8.13. The van der Waals surface area contributed by atoms with E-state index in [0.717, 1.165) is 0 Å². The highest BCUT2D eigenvalue weighted by atomic mass is 16.9. The van der Waals surface area contributed by atoms with E-state index in [1.54, 1.807) is 54.6 Å². The number of nitro groups is 1. The highest BCUT2D eigenvalue weighted by Crippen LogP contribution is 2.41. The fraction of sp³-hybridized carbons (Fsp3) is 0.289. The van der Waals surface area contributed by atoms with Crippen LogP contribution in [-0.2, 0) is 39.8 Å². The van der Waals surface area contributed by atoms with E-state index in [4.69, 9.17) is 42.6 Å². The highest BCUT2D eigenvalue weighted by molar-refractivity contribution is 5.91. The summed E-state index contributed by atoms with van der Waals surface area (Å²) in [4.78, 5) is 52.6. The van der Waals surface area contributed by atoms with Gasteiger partial charge in [0.1, 0.15) is 18.3 Å². The number of nitrogens with zero attached hydrogens (tertiary/aromatic N) is 1. The van der Waals surface area contributed by atoms with Crippen LogP contribution >= 0.6 is 0 Å². The van der Waals surface area contributed by atoms with E-state index in [0.29, 0.717) is 0 Å². The van der Waals surface area contributed by atoms with Crippen LogP contribution in [0.15, 0.2) is 103 Å². The Kier molecular flexibility index (Phi) is 11.6. The van der Waals surface area contributed by atoms with Gasteiger partial charge in [-0.25, -0.2) is 14.4 Å². The normalized spacial score (nSPS) is 23.3. The Labute approximate surface area is 303 Å². The van der Waals surface area contributed by atoms with Gasteiger partial charge in [0.05, 0.1) is 54.1 Å². The molecule has 1 aliphatic heterocycles. The second-order valence-corrected chi connectivity index (χ2v) is 11.8. The Morgan fingerprint density at radius 1 is 0.623 bits per heavy atom. The lowest BCUT2D eigenvalue weighted by Crippen LogP contribution is -2.66. The first-order chi connectivity index (χ1) is 25.7. The van der Waals surface area contributed by atoms with Crippen LogP contribution in [0.4, 0.5) is 5.69 Å². The molecule has 53 heavy (non-hydrogen) atoms. The number of rotatable bonds is 13. The van der Waals surface area contributed by atoms with Crippen LogP contribution in [0.1, 0.15) is 36.6 Å². The summed E-state index contributed by atoms with van der Waals surface area (Å²) in [6.45, 7) is -1.83. The van der Waals surface area contributed by atoms with Gasteiger partial charge in [-0.05, 0) is 42.5 Å². The van der Waals surface area contributed by atoms with Gasteiger partial charge >= 0.3 is 17.9 Å². The molecule has 276 valence electrons. The molecule has 0 N–H and O–H groups in total. The summed E-state index contributed by atoms with van der Waals surface area (Å²) in [5.41, 5.74) is 0.158. The Bertz CT molecular complexity index is 1910. The standard InChI is InChI=1S/C38H35NO14/c1-45-27-19-25(26(39(43)44)20-28(27)46-2)21-48-29-30(49-35(40)22-13-7-4-8-14-22)32(51-37(42)24-17-11-6-12-18-24)34-33(52-38(47-3)53-34)31(29)50-36(41)23-15-9-5-10-16-23/h4-20,29-34,38H,21H2,1-3H3/t29-,30-,31+,32+,33+,34-,38?/m0/s1. The van der Waals surface area contributed by atoms with Crippen molar-refractivity contribution < 1.29 is 61.9 Å². The second-order valence-electron chi connectivity index (χ2n) is 11.8. The SMILES string of the molecule is COc1cc(CO[C@@H]2[C@@H](OC(=O)c3ccccc3)[C@H]3OC(OC)O[C@H]3[C@H](OC(=O)c3ccccc3)[C@H]2OC(=O)c2ccccc2)c([N+](=O)[O-])cc1OC. The lowest BCUT2D eigenvalue weighted by molar-refractivity contribution is -0.386. The first-order valence-electron chi connectivity index (χ1n) is 16.3. The number of methoxy groups -OCH3 is 3. The van der Waals surface area contributed by atoms with E-state index in [9.17, 15) is 24.5 Å². The molecule has 0 radical (unpaired) electrons. The monoisotopic (exact) mass is 729 g/mol. The largest absolute Gasteiger partial charge is 0.493 e. The van der Waals surface area contributed by atoms with Gasteiger partial charge in [0, 0.05) is 7.11 Å². The molecule has 1 saturated heterocycles. The molecule has 1 saturated carbocycles. The topological polar surface area (TPSA) is 177 Å². The molecule has 1 aliphatic carbocycles. The van der Waals surface area contributed by atoms with Crippen molar-refractivity contribution in [1.82, 2.24) is 0 Å². The number of benzene rings is 4. The zero-order valence-electron chi connectivity index (χ0n) is 28.7. The van der Waals surface area contributed by atoms with Crippen LogP contribution in [0, 0.1) is 10.1 Å². The fourth-order valence-corrected chi connectivity index (χ4v) is 6.10. The van der Waals surface area contributed by atoms with E-state index in [1.165, 1.54) is 69.9 Å². The summed E-state index contributed by atoms with van der Waals surface area (Å²) in [7, 11) is 4.01. The molecule has 15 heteroatoms. The summed E-state index contributed by atoms with van der Waals surface area (Å²) in [5.74, 6) is -2.16. The number of hydrogen-bond acceptors (Lipinski definition) is 14. The molecule has 0 bridgehead atoms. The van der Waals surface area contributed by atoms with Gasteiger partial charge in [-0.15, -0.1) is 0 Å². The van der Waals surface area contributed by atoms with Crippen LogP contribution in [-0.4, -0.2) is 87.3 Å². The molecule has 0 spiro atoms. The highest BCUT2D eigenvalue weighted by Gasteiger charge is 2.62. The third-order valence-electron chi connectivity index (χ3n) is 8.64. The van der Waals surface area contributed by atoms with Gasteiger partial charge in [-0.1, -0.05) is 54.6 Å². The van der Waals surface area contributed by atoms with E-state index >= 15 is 0 Å². The molecule has 0 aromatic heterocycles. The smallest absolute Gasteiger partial charge is 0.338 e. The number of fused-ring (bicyclic) bond motifs is 1. The first-order valence-corrected chi connectivity index (χ1v) is 16.3. The van der Waals surface area contributed by atoms with Crippen LogP contribution in [0.25, 0.3) is 0 Å². The van der Waals surface area contributed by atoms with Gasteiger partial charge in [0.15, 0.2) is 29.8 Å². The predicted octanol–water partition coefficient (Wildman–Crippen LogP) is 4.90. The summed E-state index contributed by atoms with van der Waals surface area (Å²) in [6.07, 6.45) is -8.37. The molecular formula is C38H35NO14. The minimum absolute atomic E-state index is 0.0345. The predicted molar refractivity (Wildman–Crippen MR) is 182 cm³/mol. The zero-order valence-corrected chi connectivity index (χ0v) is 28.7. The summed E-state index contributed by atoms with van der Waals surface area (Å²) >= 11 is 0. The zero-order chi connectivity index (χ0) is 37.5. The number of esters is 3. The summed E-state index contributed by atoms with van der Waals surface area (Å²) < 4.78 is 52.7. The van der Waals surface area contributed by atoms with Crippen molar-refractivity contribution in [2.24, 2.45) is 0 Å². The Morgan fingerprint density at radius 3 is 1.45 bits per heavy atom. The molecule has 2 aliphatic rings. The maximum Gasteiger partial charge on any atom is 0.338 e. The molecule has 1 heterocycles. The number of hydrogen-bond donors (Lipinski definition) is 0. The number of nitro benzene ring substituents is 1. The van der Waals surface area contributed by atoms with E-state index in [1.807, 2.05) is 0 Å². The average Bonchev–Trinajstić information content (AvgIpc) is 3.64. The average molecular weight is 730 g/mol. The van der Waals surface area contributed by atoms with Gasteiger partial charge in [0.2, 0.25) is 0 Å². The van der Waals surface area contributed by atoms with Gasteiger partial charge < -0.3 is 42.6 Å². The van der Waals surface area contributed by atoms with Gasteiger partial charge in [0.25, 0.3) is 12.2 Å². The maximum atomic E-state index is 13.8. The van der Waals surface area contributed by atoms with Gasteiger partial charge in [-0.2, -0.15) is 0 Å². The van der Waals surface area contributed by atoms with E-state index in [2.05, 4.69) is 0 Å². The quantitative estimate of drug-likeness (QED) is 0.0785. The van der Waals surface area contributed by atoms with Crippen molar-refractivity contribution in [1.29, 1.82) is 0 Å². The summed E-state index contributed by atoms with van der Waals surface area (Å²) in [6, 6.07) is 26.7. The number of carbonyl (C=O) groups excluding carboxylic acids is 3. The molecule has 4 aromatic carbocycles. The third-order valence-corrected chi connectivity index (χ3v) is 8.64. The molecule has 7 atom stereocenters. The minimum Gasteiger partial charge on any atom is -0.493 e. The minimum atomic E-state index is -1.55. The molecular weight excluding hydrogens is 694 g/mol. The lowest BCUT2D eigenvalue weighted by atomic mass is 9.84. The molecule has 2 fully saturated rings. The molecule has 15 nitrogen and oxygen atoms in total. The maximum absolute atomic E-state index is 13.8.